The Morgan fingerprint density at radius 1 is 1.50 bits per heavy atom. The smallest absolute Gasteiger partial charge is 0.228 e. The summed E-state index contributed by atoms with van der Waals surface area (Å²) in [6, 6.07) is 1.79. The van der Waals surface area contributed by atoms with Crippen molar-refractivity contribution in [3.05, 3.63) is 12.3 Å². The summed E-state index contributed by atoms with van der Waals surface area (Å²) < 4.78 is 5.40. The molecule has 18 heavy (non-hydrogen) atoms. The summed E-state index contributed by atoms with van der Waals surface area (Å²) in [4.78, 5) is 10.9. The van der Waals surface area contributed by atoms with E-state index >= 15 is 0 Å². The van der Waals surface area contributed by atoms with E-state index in [0.717, 1.165) is 31.9 Å². The third kappa shape index (κ3) is 3.25. The van der Waals surface area contributed by atoms with Gasteiger partial charge >= 0.3 is 0 Å². The minimum atomic E-state index is 0.253. The van der Waals surface area contributed by atoms with Crippen LogP contribution < -0.4 is 9.64 Å². The van der Waals surface area contributed by atoms with E-state index in [0.29, 0.717) is 18.4 Å². The van der Waals surface area contributed by atoms with Gasteiger partial charge in [-0.2, -0.15) is 4.98 Å². The lowest BCUT2D eigenvalue weighted by atomic mass is 9.94. The molecule has 100 valence electrons. The number of hydrogen-bond donors (Lipinski definition) is 0. The van der Waals surface area contributed by atoms with Gasteiger partial charge in [-0.05, 0) is 32.6 Å². The fourth-order valence-electron chi connectivity index (χ4n) is 2.27. The van der Waals surface area contributed by atoms with Crippen LogP contribution in [-0.4, -0.2) is 35.0 Å². The third-order valence-corrected chi connectivity index (χ3v) is 3.74. The van der Waals surface area contributed by atoms with Gasteiger partial charge in [0, 0.05) is 30.7 Å². The Kier molecular flexibility index (Phi) is 4.64. The Labute approximate surface area is 113 Å². The predicted molar refractivity (Wildman–Crippen MR) is 73.5 cm³/mol. The third-order valence-electron chi connectivity index (χ3n) is 3.38. The highest BCUT2D eigenvalue weighted by Gasteiger charge is 2.24. The topological polar surface area (TPSA) is 38.2 Å². The van der Waals surface area contributed by atoms with Gasteiger partial charge in [0.25, 0.3) is 0 Å². The number of anilines is 1. The molecule has 1 saturated heterocycles. The lowest BCUT2D eigenvalue weighted by Gasteiger charge is -2.33. The number of nitrogens with zero attached hydrogens (tertiary/aromatic N) is 3. The fourth-order valence-corrected chi connectivity index (χ4v) is 2.52. The molecule has 0 spiro atoms. The summed E-state index contributed by atoms with van der Waals surface area (Å²) in [5.74, 6) is 2.02. The van der Waals surface area contributed by atoms with E-state index in [-0.39, 0.29) is 5.38 Å². The van der Waals surface area contributed by atoms with Crippen molar-refractivity contribution in [2.45, 2.75) is 32.1 Å². The van der Waals surface area contributed by atoms with Gasteiger partial charge in [-0.1, -0.05) is 0 Å². The van der Waals surface area contributed by atoms with Gasteiger partial charge in [0.1, 0.15) is 0 Å². The van der Waals surface area contributed by atoms with E-state index in [1.165, 1.54) is 0 Å². The SMILES string of the molecule is CCOc1ccnc(N2CCC(C(C)Cl)CC2)n1. The number of halogens is 1. The van der Waals surface area contributed by atoms with Crippen LogP contribution in [0.4, 0.5) is 5.95 Å². The molecule has 0 radical (unpaired) electrons. The number of ether oxygens (including phenoxy) is 1. The minimum absolute atomic E-state index is 0.253. The first kappa shape index (κ1) is 13.4. The van der Waals surface area contributed by atoms with Crippen LogP contribution in [0.1, 0.15) is 26.7 Å². The number of alkyl halides is 1. The molecule has 2 rings (SSSR count). The van der Waals surface area contributed by atoms with E-state index in [9.17, 15) is 0 Å². The molecule has 0 saturated carbocycles. The first-order valence-corrected chi connectivity index (χ1v) is 6.99. The van der Waals surface area contributed by atoms with Crippen molar-refractivity contribution >= 4 is 17.5 Å². The lowest BCUT2D eigenvalue weighted by Crippen LogP contribution is -2.36. The molecule has 4 nitrogen and oxygen atoms in total. The Bertz CT molecular complexity index is 378. The quantitative estimate of drug-likeness (QED) is 0.788. The van der Waals surface area contributed by atoms with Crippen LogP contribution >= 0.6 is 11.6 Å². The van der Waals surface area contributed by atoms with Crippen molar-refractivity contribution < 1.29 is 4.74 Å². The van der Waals surface area contributed by atoms with Crippen molar-refractivity contribution in [3.63, 3.8) is 0 Å². The molecule has 0 bridgehead atoms. The van der Waals surface area contributed by atoms with Crippen LogP contribution in [0.25, 0.3) is 0 Å². The van der Waals surface area contributed by atoms with E-state index in [2.05, 4.69) is 21.8 Å². The molecule has 1 aliphatic rings. The first-order chi connectivity index (χ1) is 8.70. The second kappa shape index (κ2) is 6.23. The van der Waals surface area contributed by atoms with Crippen LogP contribution in [0.5, 0.6) is 5.88 Å². The van der Waals surface area contributed by atoms with E-state index in [1.54, 1.807) is 12.3 Å². The Hall–Kier alpha value is -1.03. The normalized spacial score (nSPS) is 18.7. The maximum Gasteiger partial charge on any atom is 0.228 e. The zero-order chi connectivity index (χ0) is 13.0. The molecule has 1 aliphatic heterocycles. The van der Waals surface area contributed by atoms with Crippen LogP contribution in [0.2, 0.25) is 0 Å². The molecule has 0 N–H and O–H groups in total. The number of rotatable bonds is 4. The number of piperidine rings is 1. The fraction of sp³-hybridized carbons (Fsp3) is 0.692. The monoisotopic (exact) mass is 269 g/mol. The lowest BCUT2D eigenvalue weighted by molar-refractivity contribution is 0.325. The van der Waals surface area contributed by atoms with Gasteiger partial charge < -0.3 is 9.64 Å². The highest BCUT2D eigenvalue weighted by atomic mass is 35.5. The maximum atomic E-state index is 6.15. The molecular formula is C13H20ClN3O. The van der Waals surface area contributed by atoms with Crippen molar-refractivity contribution in [3.8, 4) is 5.88 Å². The molecule has 0 amide bonds. The van der Waals surface area contributed by atoms with Crippen LogP contribution in [0, 0.1) is 5.92 Å². The molecule has 5 heteroatoms. The van der Waals surface area contributed by atoms with Gasteiger partial charge in [-0.3, -0.25) is 0 Å². The average Bonchev–Trinajstić information content (AvgIpc) is 2.39. The summed E-state index contributed by atoms with van der Waals surface area (Å²) in [5.41, 5.74) is 0. The second-order valence-corrected chi connectivity index (χ2v) is 5.32. The summed E-state index contributed by atoms with van der Waals surface area (Å²) in [6.45, 7) is 6.60. The Morgan fingerprint density at radius 3 is 2.83 bits per heavy atom. The largest absolute Gasteiger partial charge is 0.478 e. The zero-order valence-corrected chi connectivity index (χ0v) is 11.7. The van der Waals surface area contributed by atoms with Crippen molar-refractivity contribution in [2.75, 3.05) is 24.6 Å². The first-order valence-electron chi connectivity index (χ1n) is 6.55. The average molecular weight is 270 g/mol. The molecule has 0 aromatic carbocycles. The van der Waals surface area contributed by atoms with Crippen LogP contribution in [-0.2, 0) is 0 Å². The van der Waals surface area contributed by atoms with Crippen LogP contribution in [0.15, 0.2) is 12.3 Å². The molecule has 0 aliphatic carbocycles. The maximum absolute atomic E-state index is 6.15. The highest BCUT2D eigenvalue weighted by molar-refractivity contribution is 6.20. The van der Waals surface area contributed by atoms with E-state index in [4.69, 9.17) is 16.3 Å². The Morgan fingerprint density at radius 2 is 2.22 bits per heavy atom. The molecule has 1 unspecified atom stereocenters. The summed E-state index contributed by atoms with van der Waals surface area (Å²) in [7, 11) is 0. The van der Waals surface area contributed by atoms with Crippen molar-refractivity contribution in [1.82, 2.24) is 9.97 Å². The molecule has 2 heterocycles. The second-order valence-electron chi connectivity index (χ2n) is 4.63. The van der Waals surface area contributed by atoms with Gasteiger partial charge in [0.15, 0.2) is 0 Å². The summed E-state index contributed by atoms with van der Waals surface area (Å²) in [6.07, 6.45) is 3.96. The zero-order valence-electron chi connectivity index (χ0n) is 11.0. The van der Waals surface area contributed by atoms with Gasteiger partial charge in [-0.25, -0.2) is 4.98 Å². The molecular weight excluding hydrogens is 250 g/mol. The van der Waals surface area contributed by atoms with Crippen molar-refractivity contribution in [2.24, 2.45) is 5.92 Å². The number of aromatic nitrogens is 2. The van der Waals surface area contributed by atoms with Crippen molar-refractivity contribution in [1.29, 1.82) is 0 Å². The highest BCUT2D eigenvalue weighted by Crippen LogP contribution is 2.26. The predicted octanol–water partition coefficient (Wildman–Crippen LogP) is 2.72. The molecule has 1 fully saturated rings. The van der Waals surface area contributed by atoms with E-state index in [1.807, 2.05) is 6.92 Å². The number of hydrogen-bond acceptors (Lipinski definition) is 4. The van der Waals surface area contributed by atoms with Gasteiger partial charge in [0.05, 0.1) is 6.61 Å². The van der Waals surface area contributed by atoms with Crippen LogP contribution in [0.3, 0.4) is 0 Å². The van der Waals surface area contributed by atoms with Gasteiger partial charge in [-0.15, -0.1) is 11.6 Å². The standard InChI is InChI=1S/C13H20ClN3O/c1-3-18-12-4-7-15-13(16-12)17-8-5-11(6-9-17)10(2)14/h4,7,10-11H,3,5-6,8-9H2,1-2H3. The minimum Gasteiger partial charge on any atom is -0.478 e. The summed E-state index contributed by atoms with van der Waals surface area (Å²) >= 11 is 6.15. The van der Waals surface area contributed by atoms with E-state index < -0.39 is 0 Å². The summed E-state index contributed by atoms with van der Waals surface area (Å²) in [5, 5.41) is 0.253. The Balaban J connectivity index is 1.98. The molecule has 1 atom stereocenters. The van der Waals surface area contributed by atoms with Gasteiger partial charge in [0.2, 0.25) is 11.8 Å². The molecule has 1 aromatic rings. The molecule has 1 aromatic heterocycles.